The quantitative estimate of drug-likeness (QED) is 0.759. The van der Waals surface area contributed by atoms with Crippen LogP contribution >= 0.6 is 11.6 Å². The summed E-state index contributed by atoms with van der Waals surface area (Å²) in [5.41, 5.74) is 0.870. The first-order valence-corrected chi connectivity index (χ1v) is 9.59. The zero-order chi connectivity index (χ0) is 18.2. The summed E-state index contributed by atoms with van der Waals surface area (Å²) in [5.74, 6) is -0.671. The summed E-state index contributed by atoms with van der Waals surface area (Å²) < 4.78 is 30.6. The van der Waals surface area contributed by atoms with Crippen LogP contribution in [0, 0.1) is 5.82 Å². The molecule has 134 valence electrons. The van der Waals surface area contributed by atoms with Crippen molar-refractivity contribution in [2.45, 2.75) is 13.0 Å². The molecule has 0 spiro atoms. The van der Waals surface area contributed by atoms with Crippen LogP contribution in [0.2, 0.25) is 5.02 Å². The number of carbonyl (C=O) groups is 1. The van der Waals surface area contributed by atoms with Crippen LogP contribution in [0.15, 0.2) is 48.5 Å². The highest BCUT2D eigenvalue weighted by molar-refractivity contribution is 7.85. The van der Waals surface area contributed by atoms with Crippen molar-refractivity contribution in [3.63, 3.8) is 0 Å². The van der Waals surface area contributed by atoms with Crippen LogP contribution in [-0.4, -0.2) is 28.2 Å². The van der Waals surface area contributed by atoms with Crippen LogP contribution in [0.25, 0.3) is 0 Å². The molecule has 2 unspecified atom stereocenters. The Balaban J connectivity index is 1.74. The normalized spacial score (nSPS) is 13.1. The summed E-state index contributed by atoms with van der Waals surface area (Å²) in [6.07, 6.45) is 0. The van der Waals surface area contributed by atoms with Crippen molar-refractivity contribution in [1.82, 2.24) is 5.32 Å². The van der Waals surface area contributed by atoms with Crippen molar-refractivity contribution < 1.29 is 18.1 Å². The molecule has 7 heteroatoms. The molecule has 0 aliphatic heterocycles. The second kappa shape index (κ2) is 9.53. The van der Waals surface area contributed by atoms with Crippen molar-refractivity contribution in [2.24, 2.45) is 0 Å². The lowest BCUT2D eigenvalue weighted by molar-refractivity contribution is -0.119. The lowest BCUT2D eigenvalue weighted by Crippen LogP contribution is -2.31. The van der Waals surface area contributed by atoms with E-state index in [1.807, 2.05) is 13.0 Å². The molecule has 0 aromatic heterocycles. The van der Waals surface area contributed by atoms with Gasteiger partial charge in [-0.1, -0.05) is 35.9 Å². The average molecular weight is 384 g/mol. The highest BCUT2D eigenvalue weighted by atomic mass is 35.5. The summed E-state index contributed by atoms with van der Waals surface area (Å²) in [7, 11) is -1.39. The van der Waals surface area contributed by atoms with E-state index in [1.165, 1.54) is 12.1 Å². The number of para-hydroxylation sites is 1. The molecule has 2 atom stereocenters. The minimum Gasteiger partial charge on any atom is -0.490 e. The molecular formula is C18H19ClFNO3S. The van der Waals surface area contributed by atoms with Crippen LogP contribution in [0.5, 0.6) is 5.75 Å². The number of ether oxygens (including phenoxy) is 1. The Morgan fingerprint density at radius 2 is 2.04 bits per heavy atom. The van der Waals surface area contributed by atoms with Gasteiger partial charge in [0.25, 0.3) is 0 Å². The largest absolute Gasteiger partial charge is 0.490 e. The summed E-state index contributed by atoms with van der Waals surface area (Å²) in [5, 5.41) is 3.37. The van der Waals surface area contributed by atoms with E-state index in [1.54, 1.807) is 30.3 Å². The van der Waals surface area contributed by atoms with Crippen LogP contribution in [-0.2, 0) is 15.6 Å². The molecule has 0 heterocycles. The Labute approximate surface area is 153 Å². The fourth-order valence-electron chi connectivity index (χ4n) is 2.17. The molecule has 2 aromatic carbocycles. The van der Waals surface area contributed by atoms with Crippen molar-refractivity contribution in [1.29, 1.82) is 0 Å². The lowest BCUT2D eigenvalue weighted by atomic mass is 10.1. The highest BCUT2D eigenvalue weighted by Crippen LogP contribution is 2.17. The molecule has 1 N–H and O–H groups in total. The summed E-state index contributed by atoms with van der Waals surface area (Å²) in [4.78, 5) is 12.0. The molecular weight excluding hydrogens is 365 g/mol. The highest BCUT2D eigenvalue weighted by Gasteiger charge is 2.13. The van der Waals surface area contributed by atoms with E-state index < -0.39 is 16.6 Å². The van der Waals surface area contributed by atoms with E-state index in [-0.39, 0.29) is 35.8 Å². The van der Waals surface area contributed by atoms with Gasteiger partial charge in [0.05, 0.1) is 18.4 Å². The topological polar surface area (TPSA) is 55.4 Å². The fraction of sp³-hybridized carbons (Fsp3) is 0.278. The number of carbonyl (C=O) groups excluding carboxylic acids is 1. The Hall–Kier alpha value is -1.92. The predicted octanol–water partition coefficient (Wildman–Crippen LogP) is 3.48. The van der Waals surface area contributed by atoms with Crippen molar-refractivity contribution in [2.75, 3.05) is 18.1 Å². The second-order valence-electron chi connectivity index (χ2n) is 5.41. The van der Waals surface area contributed by atoms with Gasteiger partial charge in [0.1, 0.15) is 5.75 Å². The molecule has 1 amide bonds. The van der Waals surface area contributed by atoms with Gasteiger partial charge in [0, 0.05) is 15.8 Å². The average Bonchev–Trinajstić information content (AvgIpc) is 2.56. The molecule has 2 aromatic rings. The predicted molar refractivity (Wildman–Crippen MR) is 97.8 cm³/mol. The molecule has 0 fully saturated rings. The molecule has 0 bridgehead atoms. The molecule has 0 saturated heterocycles. The smallest absolute Gasteiger partial charge is 0.233 e. The zero-order valence-corrected chi connectivity index (χ0v) is 15.3. The summed E-state index contributed by atoms with van der Waals surface area (Å²) in [6, 6.07) is 12.9. The minimum atomic E-state index is -1.39. The Morgan fingerprint density at radius 1 is 1.28 bits per heavy atom. The van der Waals surface area contributed by atoms with Gasteiger partial charge in [-0.25, -0.2) is 4.39 Å². The van der Waals surface area contributed by atoms with E-state index in [0.717, 1.165) is 5.56 Å². The monoisotopic (exact) mass is 383 g/mol. The zero-order valence-electron chi connectivity index (χ0n) is 13.7. The molecule has 0 aliphatic rings. The van der Waals surface area contributed by atoms with E-state index in [9.17, 15) is 13.4 Å². The maximum atomic E-state index is 13.4. The maximum Gasteiger partial charge on any atom is 0.233 e. The van der Waals surface area contributed by atoms with Crippen LogP contribution in [0.1, 0.15) is 18.5 Å². The van der Waals surface area contributed by atoms with Gasteiger partial charge in [-0.3, -0.25) is 9.00 Å². The minimum absolute atomic E-state index is 0.0741. The Bertz CT molecular complexity index is 757. The van der Waals surface area contributed by atoms with Crippen molar-refractivity contribution in [3.8, 4) is 5.75 Å². The van der Waals surface area contributed by atoms with E-state index in [2.05, 4.69) is 5.32 Å². The van der Waals surface area contributed by atoms with Gasteiger partial charge >= 0.3 is 0 Å². The number of benzene rings is 2. The molecule has 0 aliphatic carbocycles. The lowest BCUT2D eigenvalue weighted by Gasteiger charge is -2.14. The third kappa shape index (κ3) is 6.48. The van der Waals surface area contributed by atoms with E-state index >= 15 is 0 Å². The maximum absolute atomic E-state index is 13.4. The van der Waals surface area contributed by atoms with Gasteiger partial charge < -0.3 is 10.1 Å². The first-order valence-electron chi connectivity index (χ1n) is 7.73. The number of hydrogen-bond acceptors (Lipinski definition) is 3. The van der Waals surface area contributed by atoms with Gasteiger partial charge in [-0.2, -0.15) is 0 Å². The van der Waals surface area contributed by atoms with Crippen molar-refractivity contribution >= 4 is 28.3 Å². The standard InChI is InChI=1S/C18H19ClFNO3S/c1-13(14-5-4-6-15(19)11-14)21-18(22)12-25(23)10-9-24-17-8-3-2-7-16(17)20/h2-8,11,13H,9-10,12H2,1H3,(H,21,22). The summed E-state index contributed by atoms with van der Waals surface area (Å²) in [6.45, 7) is 1.90. The van der Waals surface area contributed by atoms with Gasteiger partial charge in [0.15, 0.2) is 11.6 Å². The fourth-order valence-corrected chi connectivity index (χ4v) is 3.16. The van der Waals surface area contributed by atoms with E-state index in [0.29, 0.717) is 5.02 Å². The molecule has 2 rings (SSSR count). The second-order valence-corrected chi connectivity index (χ2v) is 7.42. The van der Waals surface area contributed by atoms with Gasteiger partial charge in [-0.05, 0) is 36.8 Å². The Kier molecular flexibility index (Phi) is 7.40. The first-order chi connectivity index (χ1) is 12.0. The SMILES string of the molecule is CC(NC(=O)CS(=O)CCOc1ccccc1F)c1cccc(Cl)c1. The van der Waals surface area contributed by atoms with Crippen LogP contribution < -0.4 is 10.1 Å². The van der Waals surface area contributed by atoms with Gasteiger partial charge in [0.2, 0.25) is 5.91 Å². The summed E-state index contributed by atoms with van der Waals surface area (Å²) >= 11 is 5.93. The van der Waals surface area contributed by atoms with Crippen LogP contribution in [0.3, 0.4) is 0 Å². The van der Waals surface area contributed by atoms with Crippen LogP contribution in [0.4, 0.5) is 4.39 Å². The molecule has 25 heavy (non-hydrogen) atoms. The van der Waals surface area contributed by atoms with E-state index in [4.69, 9.17) is 16.3 Å². The van der Waals surface area contributed by atoms with Crippen molar-refractivity contribution in [3.05, 3.63) is 64.9 Å². The number of nitrogens with one attached hydrogen (secondary N) is 1. The number of hydrogen-bond donors (Lipinski definition) is 1. The first kappa shape index (κ1) is 19.4. The van der Waals surface area contributed by atoms with Gasteiger partial charge in [-0.15, -0.1) is 0 Å². The molecule has 0 radical (unpaired) electrons. The number of amides is 1. The Morgan fingerprint density at radius 3 is 2.76 bits per heavy atom. The molecule has 4 nitrogen and oxygen atoms in total. The number of rotatable bonds is 8. The molecule has 0 saturated carbocycles. The third-order valence-electron chi connectivity index (χ3n) is 3.42. The third-order valence-corrected chi connectivity index (χ3v) is 4.86. The number of halogens is 2.